The second kappa shape index (κ2) is 7.23. The highest BCUT2D eigenvalue weighted by atomic mass is 16.1. The van der Waals surface area contributed by atoms with E-state index in [0.29, 0.717) is 5.56 Å². The van der Waals surface area contributed by atoms with Crippen molar-refractivity contribution in [2.24, 2.45) is 0 Å². The van der Waals surface area contributed by atoms with Crippen LogP contribution in [0.15, 0.2) is 55.0 Å². The van der Waals surface area contributed by atoms with Crippen LogP contribution in [0.1, 0.15) is 66.8 Å². The minimum atomic E-state index is -0.0671. The van der Waals surface area contributed by atoms with Crippen molar-refractivity contribution in [3.05, 3.63) is 77.4 Å². The van der Waals surface area contributed by atoms with Gasteiger partial charge in [-0.15, -0.1) is 0 Å². The van der Waals surface area contributed by atoms with Gasteiger partial charge in [0, 0.05) is 29.2 Å². The molecule has 0 saturated carbocycles. The first-order chi connectivity index (χ1) is 13.4. The molecule has 28 heavy (non-hydrogen) atoms. The molecule has 0 bridgehead atoms. The first-order valence-electron chi connectivity index (χ1n) is 9.82. The van der Waals surface area contributed by atoms with Crippen LogP contribution in [-0.2, 0) is 11.8 Å². The summed E-state index contributed by atoms with van der Waals surface area (Å²) < 4.78 is 2.02. The van der Waals surface area contributed by atoms with E-state index in [1.54, 1.807) is 24.5 Å². The molecule has 3 aromatic rings. The highest BCUT2D eigenvalue weighted by Gasteiger charge is 2.26. The summed E-state index contributed by atoms with van der Waals surface area (Å²) in [5.41, 5.74) is 5.44. The van der Waals surface area contributed by atoms with Gasteiger partial charge in [0.15, 0.2) is 0 Å². The number of amides is 1. The fourth-order valence-electron chi connectivity index (χ4n) is 3.78. The molecule has 0 radical (unpaired) electrons. The third-order valence-corrected chi connectivity index (χ3v) is 5.41. The lowest BCUT2D eigenvalue weighted by Gasteiger charge is -2.24. The first-order valence-corrected chi connectivity index (χ1v) is 9.82. The minimum absolute atomic E-state index is 0.00739. The standard InChI is InChI=1S/C23H26N4O/c1-23(2,3)17-7-9-18(10-8-17)27-21-6-4-5-20(19(21)15-25-27)26-22(28)16-11-13-24-14-12-16/h7-15,20H,4-6H2,1-3H3,(H,26,28)/t20-/m0/s1. The molecule has 1 amide bonds. The quantitative estimate of drug-likeness (QED) is 0.740. The average Bonchev–Trinajstić information content (AvgIpc) is 3.13. The number of nitrogens with one attached hydrogen (secondary N) is 1. The largest absolute Gasteiger partial charge is 0.345 e. The Hall–Kier alpha value is -2.95. The Labute approximate surface area is 165 Å². The Bertz CT molecular complexity index is 968. The van der Waals surface area contributed by atoms with Crippen molar-refractivity contribution in [3.63, 3.8) is 0 Å². The van der Waals surface area contributed by atoms with Gasteiger partial charge in [0.25, 0.3) is 5.91 Å². The summed E-state index contributed by atoms with van der Waals surface area (Å²) in [7, 11) is 0. The highest BCUT2D eigenvalue weighted by molar-refractivity contribution is 5.94. The van der Waals surface area contributed by atoms with Gasteiger partial charge in [0.1, 0.15) is 0 Å². The first kappa shape index (κ1) is 18.4. The molecule has 1 atom stereocenters. The van der Waals surface area contributed by atoms with Gasteiger partial charge in [0.2, 0.25) is 0 Å². The summed E-state index contributed by atoms with van der Waals surface area (Å²) in [5, 5.41) is 7.81. The maximum absolute atomic E-state index is 12.6. The highest BCUT2D eigenvalue weighted by Crippen LogP contribution is 2.32. The third-order valence-electron chi connectivity index (χ3n) is 5.41. The summed E-state index contributed by atoms with van der Waals surface area (Å²) in [6.45, 7) is 6.65. The SMILES string of the molecule is CC(C)(C)c1ccc(-n2ncc3c2CCC[C@@H]3NC(=O)c2ccncc2)cc1. The number of nitrogens with zero attached hydrogens (tertiary/aromatic N) is 3. The van der Waals surface area contributed by atoms with Crippen LogP contribution >= 0.6 is 0 Å². The van der Waals surface area contributed by atoms with Crippen molar-refractivity contribution in [1.82, 2.24) is 20.1 Å². The van der Waals surface area contributed by atoms with E-state index in [-0.39, 0.29) is 17.4 Å². The van der Waals surface area contributed by atoms with Crippen molar-refractivity contribution in [3.8, 4) is 5.69 Å². The molecule has 0 unspecified atom stereocenters. The van der Waals surface area contributed by atoms with Crippen molar-refractivity contribution in [2.45, 2.75) is 51.5 Å². The molecular weight excluding hydrogens is 348 g/mol. The molecule has 0 spiro atoms. The zero-order valence-electron chi connectivity index (χ0n) is 16.6. The van der Waals surface area contributed by atoms with Crippen LogP contribution in [0, 0.1) is 0 Å². The number of carbonyl (C=O) groups is 1. The molecule has 1 aromatic carbocycles. The Morgan fingerprint density at radius 3 is 2.50 bits per heavy atom. The summed E-state index contributed by atoms with van der Waals surface area (Å²) in [6, 6.07) is 12.1. The van der Waals surface area contributed by atoms with Gasteiger partial charge >= 0.3 is 0 Å². The summed E-state index contributed by atoms with van der Waals surface area (Å²) in [4.78, 5) is 16.5. The lowest BCUT2D eigenvalue weighted by Crippen LogP contribution is -2.31. The normalized spacial score (nSPS) is 16.5. The van der Waals surface area contributed by atoms with Crippen LogP contribution in [0.25, 0.3) is 5.69 Å². The van der Waals surface area contributed by atoms with E-state index in [0.717, 1.165) is 30.5 Å². The van der Waals surface area contributed by atoms with Crippen LogP contribution in [0.3, 0.4) is 0 Å². The number of aromatic nitrogens is 3. The van der Waals surface area contributed by atoms with Crippen LogP contribution in [0.2, 0.25) is 0 Å². The van der Waals surface area contributed by atoms with Gasteiger partial charge in [-0.3, -0.25) is 9.78 Å². The van der Waals surface area contributed by atoms with Crippen LogP contribution in [0.5, 0.6) is 0 Å². The number of benzene rings is 1. The van der Waals surface area contributed by atoms with Gasteiger partial charge in [-0.05, 0) is 54.5 Å². The second-order valence-electron chi connectivity index (χ2n) is 8.41. The van der Waals surface area contributed by atoms with E-state index >= 15 is 0 Å². The topological polar surface area (TPSA) is 59.8 Å². The van der Waals surface area contributed by atoms with E-state index < -0.39 is 0 Å². The number of fused-ring (bicyclic) bond motifs is 1. The molecule has 2 heterocycles. The maximum atomic E-state index is 12.6. The molecule has 1 aliphatic carbocycles. The number of hydrogen-bond acceptors (Lipinski definition) is 3. The Balaban J connectivity index is 1.59. The number of rotatable bonds is 3. The molecule has 144 valence electrons. The predicted octanol–water partition coefficient (Wildman–Crippen LogP) is 4.37. The molecule has 4 rings (SSSR count). The van der Waals surface area contributed by atoms with Crippen molar-refractivity contribution < 1.29 is 4.79 Å². The van der Waals surface area contributed by atoms with Crippen molar-refractivity contribution in [1.29, 1.82) is 0 Å². The molecular formula is C23H26N4O. The zero-order valence-corrected chi connectivity index (χ0v) is 16.6. The Morgan fingerprint density at radius 2 is 1.82 bits per heavy atom. The number of hydrogen-bond donors (Lipinski definition) is 1. The number of pyridine rings is 1. The van der Waals surface area contributed by atoms with Crippen LogP contribution < -0.4 is 5.32 Å². The van der Waals surface area contributed by atoms with Gasteiger partial charge in [-0.25, -0.2) is 4.68 Å². The Kier molecular flexibility index (Phi) is 4.75. The van der Waals surface area contributed by atoms with E-state index in [1.165, 1.54) is 11.3 Å². The minimum Gasteiger partial charge on any atom is -0.345 e. The van der Waals surface area contributed by atoms with Gasteiger partial charge in [0.05, 0.1) is 17.9 Å². The zero-order chi connectivity index (χ0) is 19.7. The fourth-order valence-corrected chi connectivity index (χ4v) is 3.78. The van der Waals surface area contributed by atoms with E-state index in [4.69, 9.17) is 0 Å². The van der Waals surface area contributed by atoms with Gasteiger partial charge < -0.3 is 5.32 Å². The molecule has 5 nitrogen and oxygen atoms in total. The van der Waals surface area contributed by atoms with Crippen molar-refractivity contribution >= 4 is 5.91 Å². The molecule has 0 aliphatic heterocycles. The third kappa shape index (κ3) is 3.57. The smallest absolute Gasteiger partial charge is 0.251 e. The molecule has 2 aromatic heterocycles. The average molecular weight is 374 g/mol. The Morgan fingerprint density at radius 1 is 1.11 bits per heavy atom. The fraction of sp³-hybridized carbons (Fsp3) is 0.348. The van der Waals surface area contributed by atoms with Crippen LogP contribution in [0.4, 0.5) is 0 Å². The van der Waals surface area contributed by atoms with Crippen molar-refractivity contribution in [2.75, 3.05) is 0 Å². The maximum Gasteiger partial charge on any atom is 0.251 e. The molecule has 5 heteroatoms. The van der Waals surface area contributed by atoms with E-state index in [9.17, 15) is 4.79 Å². The summed E-state index contributed by atoms with van der Waals surface area (Å²) >= 11 is 0. The molecule has 1 N–H and O–H groups in total. The second-order valence-corrected chi connectivity index (χ2v) is 8.41. The lowest BCUT2D eigenvalue weighted by molar-refractivity contribution is 0.0932. The molecule has 1 aliphatic rings. The monoisotopic (exact) mass is 374 g/mol. The lowest BCUT2D eigenvalue weighted by atomic mass is 9.87. The number of carbonyl (C=O) groups excluding carboxylic acids is 1. The van der Waals surface area contributed by atoms with E-state index in [2.05, 4.69) is 60.4 Å². The van der Waals surface area contributed by atoms with E-state index in [1.807, 2.05) is 10.9 Å². The summed E-state index contributed by atoms with van der Waals surface area (Å²) in [5.74, 6) is -0.0671. The van der Waals surface area contributed by atoms with Crippen LogP contribution in [-0.4, -0.2) is 20.7 Å². The summed E-state index contributed by atoms with van der Waals surface area (Å²) in [6.07, 6.45) is 8.11. The van der Waals surface area contributed by atoms with Gasteiger partial charge in [-0.2, -0.15) is 5.10 Å². The van der Waals surface area contributed by atoms with Gasteiger partial charge in [-0.1, -0.05) is 32.9 Å². The molecule has 0 saturated heterocycles. The predicted molar refractivity (Wildman–Crippen MR) is 110 cm³/mol. The molecule has 0 fully saturated rings.